The Hall–Kier alpha value is -2.85. The third-order valence-corrected chi connectivity index (χ3v) is 5.75. The van der Waals surface area contributed by atoms with Crippen molar-refractivity contribution >= 4 is 23.6 Å². The van der Waals surface area contributed by atoms with Gasteiger partial charge in [-0.2, -0.15) is 15.0 Å². The molecule has 0 atom stereocenters. The Morgan fingerprint density at radius 2 is 1.55 bits per heavy atom. The van der Waals surface area contributed by atoms with Crippen LogP contribution in [-0.2, 0) is 14.3 Å². The summed E-state index contributed by atoms with van der Waals surface area (Å²) < 4.78 is 11.0. The maximum absolute atomic E-state index is 12.2. The van der Waals surface area contributed by atoms with Crippen LogP contribution < -0.4 is 15.1 Å². The third kappa shape index (κ3) is 6.58. The van der Waals surface area contributed by atoms with Crippen molar-refractivity contribution in [3.05, 3.63) is 18.3 Å². The summed E-state index contributed by atoms with van der Waals surface area (Å²) >= 11 is 0. The molecule has 2 fully saturated rings. The van der Waals surface area contributed by atoms with Gasteiger partial charge >= 0.3 is 0 Å². The molecule has 1 amide bonds. The topological polar surface area (TPSA) is 106 Å². The normalized spacial score (nSPS) is 16.6. The molecule has 2 aliphatic rings. The largest absolute Gasteiger partial charge is 0.378 e. The summed E-state index contributed by atoms with van der Waals surface area (Å²) in [5.74, 6) is 2.40. The zero-order valence-corrected chi connectivity index (χ0v) is 19.3. The van der Waals surface area contributed by atoms with E-state index in [-0.39, 0.29) is 5.91 Å². The fourth-order valence-electron chi connectivity index (χ4n) is 3.81. The highest BCUT2D eigenvalue weighted by Gasteiger charge is 2.21. The zero-order chi connectivity index (χ0) is 22.9. The van der Waals surface area contributed by atoms with Gasteiger partial charge in [0, 0.05) is 44.4 Å². The number of hydrogen-bond donors (Lipinski definition) is 1. The van der Waals surface area contributed by atoms with Crippen molar-refractivity contribution in [1.82, 2.24) is 19.9 Å². The van der Waals surface area contributed by atoms with Crippen LogP contribution in [0.1, 0.15) is 39.0 Å². The van der Waals surface area contributed by atoms with E-state index in [1.165, 1.54) is 0 Å². The van der Waals surface area contributed by atoms with Crippen LogP contribution in [0.4, 0.5) is 17.7 Å². The van der Waals surface area contributed by atoms with Crippen LogP contribution in [0.5, 0.6) is 0 Å². The smallest absolute Gasteiger partial charge is 0.230 e. The van der Waals surface area contributed by atoms with Gasteiger partial charge in [0.15, 0.2) is 5.82 Å². The van der Waals surface area contributed by atoms with Crippen LogP contribution in [0.25, 0.3) is 11.4 Å². The maximum Gasteiger partial charge on any atom is 0.230 e. The summed E-state index contributed by atoms with van der Waals surface area (Å²) in [5.41, 5.74) is 0.780. The highest BCUT2D eigenvalue weighted by molar-refractivity contribution is 5.89. The molecule has 2 saturated heterocycles. The van der Waals surface area contributed by atoms with E-state index in [1.807, 2.05) is 6.07 Å². The number of nitrogens with zero attached hydrogens (tertiary/aromatic N) is 6. The van der Waals surface area contributed by atoms with Crippen molar-refractivity contribution in [2.45, 2.75) is 39.0 Å². The number of hydrogen-bond acceptors (Lipinski definition) is 9. The summed E-state index contributed by atoms with van der Waals surface area (Å²) in [4.78, 5) is 35.0. The molecule has 10 nitrogen and oxygen atoms in total. The van der Waals surface area contributed by atoms with Crippen LogP contribution in [0.15, 0.2) is 18.3 Å². The molecule has 0 spiro atoms. The minimum absolute atomic E-state index is 0.00396. The Morgan fingerprint density at radius 3 is 2.09 bits per heavy atom. The second-order valence-corrected chi connectivity index (χ2v) is 8.25. The van der Waals surface area contributed by atoms with E-state index >= 15 is 0 Å². The van der Waals surface area contributed by atoms with E-state index < -0.39 is 0 Å². The van der Waals surface area contributed by atoms with Gasteiger partial charge < -0.3 is 24.6 Å². The monoisotopic (exact) mass is 455 g/mol. The van der Waals surface area contributed by atoms with Gasteiger partial charge in [0.25, 0.3) is 0 Å². The Balaban J connectivity index is 1.50. The van der Waals surface area contributed by atoms with Gasteiger partial charge in [-0.15, -0.1) is 0 Å². The fourth-order valence-corrected chi connectivity index (χ4v) is 3.81. The maximum atomic E-state index is 12.2. The van der Waals surface area contributed by atoms with Crippen molar-refractivity contribution < 1.29 is 14.3 Å². The molecule has 0 saturated carbocycles. The van der Waals surface area contributed by atoms with Gasteiger partial charge in [0.2, 0.25) is 17.8 Å². The van der Waals surface area contributed by atoms with Crippen LogP contribution in [-0.4, -0.2) is 78.4 Å². The summed E-state index contributed by atoms with van der Waals surface area (Å²) in [6, 6.07) is 3.69. The molecule has 0 radical (unpaired) electrons. The molecule has 4 rings (SSSR count). The zero-order valence-electron chi connectivity index (χ0n) is 19.3. The SMILES string of the molecule is CCCCCCC(=O)Nc1ccc(-c2nc(N3CCOCC3)nc(N3CCOCC3)n2)cn1. The molecule has 0 bridgehead atoms. The number of unbranched alkanes of at least 4 members (excludes halogenated alkanes) is 3. The quantitative estimate of drug-likeness (QED) is 0.571. The number of carbonyl (C=O) groups excluding carboxylic acids is 1. The van der Waals surface area contributed by atoms with Crippen molar-refractivity contribution in [3.63, 3.8) is 0 Å². The van der Waals surface area contributed by atoms with E-state index in [0.29, 0.717) is 56.4 Å². The summed E-state index contributed by atoms with van der Waals surface area (Å²) in [6.07, 6.45) is 6.51. The molecular formula is C23H33N7O3. The molecule has 178 valence electrons. The first-order valence-corrected chi connectivity index (χ1v) is 11.9. The Labute approximate surface area is 194 Å². The van der Waals surface area contributed by atoms with Gasteiger partial charge in [-0.1, -0.05) is 26.2 Å². The number of rotatable bonds is 9. The number of nitrogens with one attached hydrogen (secondary N) is 1. The average molecular weight is 456 g/mol. The average Bonchev–Trinajstić information content (AvgIpc) is 2.88. The molecule has 10 heteroatoms. The fraction of sp³-hybridized carbons (Fsp3) is 0.609. The van der Waals surface area contributed by atoms with Gasteiger partial charge in [0.05, 0.1) is 26.4 Å². The van der Waals surface area contributed by atoms with Gasteiger partial charge in [0.1, 0.15) is 5.82 Å². The molecule has 0 aliphatic carbocycles. The van der Waals surface area contributed by atoms with Crippen molar-refractivity contribution in [2.75, 3.05) is 67.7 Å². The van der Waals surface area contributed by atoms with Crippen LogP contribution in [0, 0.1) is 0 Å². The predicted octanol–water partition coefficient (Wildman–Crippen LogP) is 2.52. The van der Waals surface area contributed by atoms with Crippen LogP contribution >= 0.6 is 0 Å². The highest BCUT2D eigenvalue weighted by atomic mass is 16.5. The number of amides is 1. The Bertz CT molecular complexity index is 861. The van der Waals surface area contributed by atoms with Gasteiger partial charge in [-0.05, 0) is 18.6 Å². The number of aromatic nitrogens is 4. The van der Waals surface area contributed by atoms with E-state index in [9.17, 15) is 4.79 Å². The van der Waals surface area contributed by atoms with Crippen molar-refractivity contribution in [1.29, 1.82) is 0 Å². The highest BCUT2D eigenvalue weighted by Crippen LogP contribution is 2.23. The molecule has 0 aromatic carbocycles. The van der Waals surface area contributed by atoms with E-state index in [2.05, 4.69) is 27.0 Å². The lowest BCUT2D eigenvalue weighted by Crippen LogP contribution is -2.40. The molecular weight excluding hydrogens is 422 g/mol. The number of morpholine rings is 2. The van der Waals surface area contributed by atoms with E-state index in [4.69, 9.17) is 24.4 Å². The van der Waals surface area contributed by atoms with Crippen molar-refractivity contribution in [2.24, 2.45) is 0 Å². The van der Waals surface area contributed by atoms with E-state index in [0.717, 1.165) is 57.4 Å². The standard InChI is InChI=1S/C23H33N7O3/c1-2-3-4-5-6-20(31)25-19-8-7-18(17-24-19)21-26-22(29-9-13-32-14-10-29)28-23(27-21)30-11-15-33-16-12-30/h7-8,17H,2-6,9-16H2,1H3,(H,24,25,31). The van der Waals surface area contributed by atoms with Crippen LogP contribution in [0.3, 0.4) is 0 Å². The molecule has 2 aromatic rings. The number of carbonyl (C=O) groups is 1. The number of ether oxygens (including phenoxy) is 2. The van der Waals surface area contributed by atoms with Crippen LogP contribution in [0.2, 0.25) is 0 Å². The molecule has 4 heterocycles. The number of anilines is 3. The predicted molar refractivity (Wildman–Crippen MR) is 127 cm³/mol. The Kier molecular flexibility index (Phi) is 8.37. The minimum Gasteiger partial charge on any atom is -0.378 e. The molecule has 33 heavy (non-hydrogen) atoms. The number of pyridine rings is 1. The minimum atomic E-state index is -0.00396. The molecule has 1 N–H and O–H groups in total. The molecule has 2 aliphatic heterocycles. The second kappa shape index (κ2) is 11.9. The summed E-state index contributed by atoms with van der Waals surface area (Å²) in [5, 5.41) is 2.88. The van der Waals surface area contributed by atoms with E-state index in [1.54, 1.807) is 12.3 Å². The first-order valence-electron chi connectivity index (χ1n) is 11.9. The lowest BCUT2D eigenvalue weighted by Gasteiger charge is -2.30. The lowest BCUT2D eigenvalue weighted by molar-refractivity contribution is -0.116. The summed E-state index contributed by atoms with van der Waals surface area (Å²) in [6.45, 7) is 7.75. The second-order valence-electron chi connectivity index (χ2n) is 8.25. The third-order valence-electron chi connectivity index (χ3n) is 5.75. The Morgan fingerprint density at radius 1 is 0.909 bits per heavy atom. The van der Waals surface area contributed by atoms with Gasteiger partial charge in [-0.25, -0.2) is 4.98 Å². The molecule has 0 unspecified atom stereocenters. The first kappa shape index (κ1) is 23.3. The first-order chi connectivity index (χ1) is 16.2. The van der Waals surface area contributed by atoms with Crippen molar-refractivity contribution in [3.8, 4) is 11.4 Å². The lowest BCUT2D eigenvalue weighted by atomic mass is 10.1. The molecule has 2 aromatic heterocycles. The van der Waals surface area contributed by atoms with Gasteiger partial charge in [-0.3, -0.25) is 4.79 Å². The summed E-state index contributed by atoms with van der Waals surface area (Å²) in [7, 11) is 0.